The van der Waals surface area contributed by atoms with E-state index in [0.717, 1.165) is 11.3 Å². The van der Waals surface area contributed by atoms with E-state index in [-0.39, 0.29) is 0 Å². The first-order valence-corrected chi connectivity index (χ1v) is 6.33. The molecule has 0 saturated heterocycles. The van der Waals surface area contributed by atoms with Crippen molar-refractivity contribution in [2.75, 3.05) is 7.11 Å². The van der Waals surface area contributed by atoms with Gasteiger partial charge in [-0.3, -0.25) is 0 Å². The molecule has 2 rings (SSSR count). The first-order chi connectivity index (χ1) is 8.54. The zero-order valence-corrected chi connectivity index (χ0v) is 11.8. The Morgan fingerprint density at radius 1 is 1.17 bits per heavy atom. The van der Waals surface area contributed by atoms with Crippen LogP contribution in [0.25, 0.3) is 0 Å². The maximum atomic E-state index is 10.6. The summed E-state index contributed by atoms with van der Waals surface area (Å²) in [6.07, 6.45) is 0. The zero-order valence-electron chi connectivity index (χ0n) is 10.2. The largest absolute Gasteiger partial charge is 0.497 e. The summed E-state index contributed by atoms with van der Waals surface area (Å²) in [5.41, 5.74) is 0.242. The van der Waals surface area contributed by atoms with Gasteiger partial charge in [0.25, 0.3) is 0 Å². The number of ether oxygens (including phenoxy) is 1. The van der Waals surface area contributed by atoms with Crippen LogP contribution in [0.4, 0.5) is 0 Å². The molecule has 0 aliphatic carbocycles. The molecule has 0 amide bonds. The van der Waals surface area contributed by atoms with Crippen molar-refractivity contribution in [3.63, 3.8) is 0 Å². The Bertz CT molecular complexity index is 538. The fourth-order valence-electron chi connectivity index (χ4n) is 1.74. The third-order valence-electron chi connectivity index (χ3n) is 2.87. The molecule has 0 fully saturated rings. The number of pyridine rings is 1. The average Bonchev–Trinajstić information content (AvgIpc) is 2.39. The van der Waals surface area contributed by atoms with Gasteiger partial charge in [0.05, 0.1) is 12.8 Å². The molecule has 0 bridgehead atoms. The van der Waals surface area contributed by atoms with Gasteiger partial charge in [-0.05, 0) is 52.7 Å². The van der Waals surface area contributed by atoms with Crippen LogP contribution in [0.3, 0.4) is 0 Å². The molecule has 1 atom stereocenters. The van der Waals surface area contributed by atoms with Crippen molar-refractivity contribution in [1.29, 1.82) is 0 Å². The van der Waals surface area contributed by atoms with Gasteiger partial charge in [0.1, 0.15) is 16.0 Å². The molecule has 1 N–H and O–H groups in total. The third kappa shape index (κ3) is 2.54. The summed E-state index contributed by atoms with van der Waals surface area (Å²) in [5, 5.41) is 10.6. The van der Waals surface area contributed by atoms with E-state index in [1.807, 2.05) is 36.4 Å². The Morgan fingerprint density at radius 2 is 1.83 bits per heavy atom. The molecule has 1 aromatic carbocycles. The van der Waals surface area contributed by atoms with Crippen molar-refractivity contribution in [2.24, 2.45) is 0 Å². The molecular weight excluding hydrogens is 294 g/mol. The van der Waals surface area contributed by atoms with E-state index in [0.29, 0.717) is 10.3 Å². The van der Waals surface area contributed by atoms with Gasteiger partial charge in [0, 0.05) is 0 Å². The number of aliphatic hydroxyl groups is 1. The highest BCUT2D eigenvalue weighted by atomic mass is 79.9. The van der Waals surface area contributed by atoms with Crippen molar-refractivity contribution < 1.29 is 9.84 Å². The highest BCUT2D eigenvalue weighted by Gasteiger charge is 2.27. The monoisotopic (exact) mass is 307 g/mol. The number of nitrogens with zero attached hydrogens (tertiary/aromatic N) is 1. The molecule has 94 valence electrons. The van der Waals surface area contributed by atoms with Gasteiger partial charge in [-0.2, -0.15) is 0 Å². The van der Waals surface area contributed by atoms with Crippen molar-refractivity contribution in [3.05, 3.63) is 58.3 Å². The summed E-state index contributed by atoms with van der Waals surface area (Å²) in [5.74, 6) is 0.761. The molecule has 0 spiro atoms. The van der Waals surface area contributed by atoms with Crippen LogP contribution in [0, 0.1) is 0 Å². The standard InChI is InChI=1S/C14H14BrNO2/c1-14(17,12-4-3-5-13(15)16-12)10-6-8-11(18-2)9-7-10/h3-9,17H,1-2H3/t14-/m1/s1. The van der Waals surface area contributed by atoms with Gasteiger partial charge < -0.3 is 9.84 Å². The number of rotatable bonds is 3. The highest BCUT2D eigenvalue weighted by Crippen LogP contribution is 2.29. The lowest BCUT2D eigenvalue weighted by Gasteiger charge is -2.23. The van der Waals surface area contributed by atoms with Gasteiger partial charge in [0.2, 0.25) is 0 Å². The Hall–Kier alpha value is -1.39. The third-order valence-corrected chi connectivity index (χ3v) is 3.31. The number of halogens is 1. The molecule has 0 aliphatic heterocycles. The average molecular weight is 308 g/mol. The molecule has 3 nitrogen and oxygen atoms in total. The van der Waals surface area contributed by atoms with Crippen LogP contribution in [0.5, 0.6) is 5.75 Å². The number of aromatic nitrogens is 1. The van der Waals surface area contributed by atoms with Crippen LogP contribution in [-0.2, 0) is 5.60 Å². The first-order valence-electron chi connectivity index (χ1n) is 5.54. The lowest BCUT2D eigenvalue weighted by molar-refractivity contribution is 0.0972. The normalized spacial score (nSPS) is 14.0. The van der Waals surface area contributed by atoms with Crippen LogP contribution in [0.1, 0.15) is 18.2 Å². The maximum absolute atomic E-state index is 10.6. The minimum absolute atomic E-state index is 0.599. The molecular formula is C14H14BrNO2. The SMILES string of the molecule is COc1ccc([C@@](C)(O)c2cccc(Br)n2)cc1. The molecule has 4 heteroatoms. The van der Waals surface area contributed by atoms with Crippen molar-refractivity contribution >= 4 is 15.9 Å². The Kier molecular flexibility index (Phi) is 3.68. The highest BCUT2D eigenvalue weighted by molar-refractivity contribution is 9.10. The first kappa shape index (κ1) is 13.1. The van der Waals surface area contributed by atoms with Gasteiger partial charge in [-0.15, -0.1) is 0 Å². The number of hydrogen-bond donors (Lipinski definition) is 1. The number of methoxy groups -OCH3 is 1. The van der Waals surface area contributed by atoms with E-state index in [9.17, 15) is 5.11 Å². The molecule has 1 aromatic heterocycles. The van der Waals surface area contributed by atoms with Crippen LogP contribution in [0.2, 0.25) is 0 Å². The van der Waals surface area contributed by atoms with Gasteiger partial charge in [-0.25, -0.2) is 4.98 Å². The Morgan fingerprint density at radius 3 is 2.39 bits per heavy atom. The Labute approximate surface area is 115 Å². The molecule has 0 saturated carbocycles. The molecule has 1 heterocycles. The van der Waals surface area contributed by atoms with E-state index in [1.54, 1.807) is 20.1 Å². The van der Waals surface area contributed by atoms with E-state index < -0.39 is 5.60 Å². The minimum Gasteiger partial charge on any atom is -0.497 e. The van der Waals surface area contributed by atoms with Crippen LogP contribution >= 0.6 is 15.9 Å². The predicted molar refractivity (Wildman–Crippen MR) is 73.6 cm³/mol. The molecule has 2 aromatic rings. The summed E-state index contributed by atoms with van der Waals surface area (Å²) >= 11 is 3.31. The number of hydrogen-bond acceptors (Lipinski definition) is 3. The van der Waals surface area contributed by atoms with E-state index in [1.165, 1.54) is 0 Å². The molecule has 0 radical (unpaired) electrons. The fraction of sp³-hybridized carbons (Fsp3) is 0.214. The second-order valence-corrected chi connectivity index (χ2v) is 4.96. The number of benzene rings is 1. The summed E-state index contributed by atoms with van der Waals surface area (Å²) in [4.78, 5) is 4.30. The summed E-state index contributed by atoms with van der Waals surface area (Å²) in [6, 6.07) is 12.8. The lowest BCUT2D eigenvalue weighted by Crippen LogP contribution is -2.24. The van der Waals surface area contributed by atoms with Crippen LogP contribution < -0.4 is 4.74 Å². The second kappa shape index (κ2) is 5.08. The van der Waals surface area contributed by atoms with Crippen LogP contribution in [-0.4, -0.2) is 17.2 Å². The van der Waals surface area contributed by atoms with Gasteiger partial charge >= 0.3 is 0 Å². The maximum Gasteiger partial charge on any atom is 0.129 e. The summed E-state index contributed by atoms with van der Waals surface area (Å²) < 4.78 is 5.80. The molecule has 0 unspecified atom stereocenters. The van der Waals surface area contributed by atoms with E-state index in [2.05, 4.69) is 20.9 Å². The predicted octanol–water partition coefficient (Wildman–Crippen LogP) is 3.11. The van der Waals surface area contributed by atoms with E-state index in [4.69, 9.17) is 4.74 Å². The second-order valence-electron chi connectivity index (χ2n) is 4.15. The van der Waals surface area contributed by atoms with Crippen LogP contribution in [0.15, 0.2) is 47.1 Å². The fourth-order valence-corrected chi connectivity index (χ4v) is 2.09. The topological polar surface area (TPSA) is 42.4 Å². The van der Waals surface area contributed by atoms with E-state index >= 15 is 0 Å². The van der Waals surface area contributed by atoms with Gasteiger partial charge in [0.15, 0.2) is 0 Å². The summed E-state index contributed by atoms with van der Waals surface area (Å²) in [7, 11) is 1.61. The minimum atomic E-state index is -1.13. The molecule has 18 heavy (non-hydrogen) atoms. The smallest absolute Gasteiger partial charge is 0.129 e. The van der Waals surface area contributed by atoms with Crippen molar-refractivity contribution in [3.8, 4) is 5.75 Å². The zero-order chi connectivity index (χ0) is 13.2. The summed E-state index contributed by atoms with van der Waals surface area (Å²) in [6.45, 7) is 1.73. The van der Waals surface area contributed by atoms with Crippen molar-refractivity contribution in [1.82, 2.24) is 4.98 Å². The van der Waals surface area contributed by atoms with Gasteiger partial charge in [-0.1, -0.05) is 18.2 Å². The Balaban J connectivity index is 2.40. The quantitative estimate of drug-likeness (QED) is 0.886. The van der Waals surface area contributed by atoms with Crippen molar-refractivity contribution in [2.45, 2.75) is 12.5 Å². The molecule has 0 aliphatic rings. The lowest BCUT2D eigenvalue weighted by atomic mass is 9.92.